The first-order valence-corrected chi connectivity index (χ1v) is 12.7. The zero-order chi connectivity index (χ0) is 26.6. The van der Waals surface area contributed by atoms with Crippen molar-refractivity contribution in [2.24, 2.45) is 5.41 Å². The Morgan fingerprint density at radius 3 is 2.51 bits per heavy atom. The quantitative estimate of drug-likeness (QED) is 0.413. The number of halogens is 1. The van der Waals surface area contributed by atoms with Crippen molar-refractivity contribution < 1.29 is 9.59 Å². The summed E-state index contributed by atoms with van der Waals surface area (Å²) in [6.45, 7) is 7.29. The number of carbonyl (C=O) groups is 2. The van der Waals surface area contributed by atoms with Crippen LogP contribution in [0.3, 0.4) is 0 Å². The maximum Gasteiger partial charge on any atom is 0.227 e. The molecule has 10 heteroatoms. The van der Waals surface area contributed by atoms with Gasteiger partial charge in [0.1, 0.15) is 0 Å². The van der Waals surface area contributed by atoms with E-state index in [9.17, 15) is 9.59 Å². The molecule has 1 amide bonds. The number of hydrogen-bond donors (Lipinski definition) is 1. The highest BCUT2D eigenvalue weighted by Crippen LogP contribution is 2.29. The van der Waals surface area contributed by atoms with Gasteiger partial charge in [-0.2, -0.15) is 10.4 Å². The lowest BCUT2D eigenvalue weighted by Crippen LogP contribution is -2.44. The summed E-state index contributed by atoms with van der Waals surface area (Å²) in [5, 5.41) is 16.8. The van der Waals surface area contributed by atoms with E-state index < -0.39 is 0 Å². The predicted molar refractivity (Wildman–Crippen MR) is 141 cm³/mol. The van der Waals surface area contributed by atoms with Gasteiger partial charge in [-0.05, 0) is 12.8 Å². The molecule has 0 saturated carbocycles. The molecule has 1 aromatic carbocycles. The SMILES string of the molecule is CC(C)(C)C(=O)N1CCC(n2cc(Nc3ncc(Cl)c(-c4ccc(C(=O)CCC#N)cc4)n3)cn2)CC1. The van der Waals surface area contributed by atoms with E-state index in [-0.39, 0.29) is 36.0 Å². The van der Waals surface area contributed by atoms with Gasteiger partial charge in [0, 0.05) is 48.7 Å². The van der Waals surface area contributed by atoms with E-state index >= 15 is 0 Å². The van der Waals surface area contributed by atoms with Crippen molar-refractivity contribution in [3.05, 3.63) is 53.4 Å². The van der Waals surface area contributed by atoms with Gasteiger partial charge in [0.15, 0.2) is 5.78 Å². The molecule has 3 aromatic rings. The minimum Gasteiger partial charge on any atom is -0.342 e. The van der Waals surface area contributed by atoms with Crippen LogP contribution in [0.25, 0.3) is 11.3 Å². The Balaban J connectivity index is 1.41. The van der Waals surface area contributed by atoms with Crippen molar-refractivity contribution in [3.63, 3.8) is 0 Å². The van der Waals surface area contributed by atoms with Gasteiger partial charge in [-0.25, -0.2) is 9.97 Å². The van der Waals surface area contributed by atoms with Gasteiger partial charge in [-0.3, -0.25) is 14.3 Å². The van der Waals surface area contributed by atoms with Crippen LogP contribution >= 0.6 is 11.6 Å². The molecule has 37 heavy (non-hydrogen) atoms. The van der Waals surface area contributed by atoms with E-state index in [0.29, 0.717) is 22.2 Å². The van der Waals surface area contributed by atoms with Crippen molar-refractivity contribution in [3.8, 4) is 17.3 Å². The van der Waals surface area contributed by atoms with Gasteiger partial charge in [0.2, 0.25) is 11.9 Å². The third-order valence-corrected chi connectivity index (χ3v) is 6.59. The molecule has 1 aliphatic rings. The number of amides is 1. The number of hydrogen-bond acceptors (Lipinski definition) is 7. The molecule has 0 atom stereocenters. The number of nitrogens with zero attached hydrogens (tertiary/aromatic N) is 6. The van der Waals surface area contributed by atoms with Crippen molar-refractivity contribution in [1.29, 1.82) is 5.26 Å². The number of aromatic nitrogens is 4. The fourth-order valence-electron chi connectivity index (χ4n) is 4.30. The highest BCUT2D eigenvalue weighted by Gasteiger charge is 2.31. The maximum atomic E-state index is 12.6. The predicted octanol–water partition coefficient (Wildman–Crippen LogP) is 5.43. The molecular weight excluding hydrogens is 490 g/mol. The lowest BCUT2D eigenvalue weighted by Gasteiger charge is -2.35. The number of nitriles is 1. The van der Waals surface area contributed by atoms with Crippen LogP contribution in [-0.4, -0.2) is 49.4 Å². The zero-order valence-corrected chi connectivity index (χ0v) is 22.0. The number of rotatable bonds is 7. The average molecular weight is 520 g/mol. The number of benzene rings is 1. The second kappa shape index (κ2) is 11.1. The Morgan fingerprint density at radius 1 is 1.16 bits per heavy atom. The van der Waals surface area contributed by atoms with Crippen LogP contribution in [0.5, 0.6) is 0 Å². The van der Waals surface area contributed by atoms with Crippen molar-refractivity contribution in [1.82, 2.24) is 24.6 Å². The first kappa shape index (κ1) is 26.3. The highest BCUT2D eigenvalue weighted by molar-refractivity contribution is 6.32. The molecule has 4 rings (SSSR count). The van der Waals surface area contributed by atoms with E-state index in [0.717, 1.165) is 37.2 Å². The highest BCUT2D eigenvalue weighted by atomic mass is 35.5. The van der Waals surface area contributed by atoms with Gasteiger partial charge < -0.3 is 10.2 Å². The molecule has 1 N–H and O–H groups in total. The molecule has 1 aliphatic heterocycles. The Labute approximate surface area is 221 Å². The fraction of sp³-hybridized carbons (Fsp3) is 0.407. The van der Waals surface area contributed by atoms with Gasteiger partial charge in [0.25, 0.3) is 0 Å². The van der Waals surface area contributed by atoms with Crippen LogP contribution < -0.4 is 5.32 Å². The number of ketones is 1. The van der Waals surface area contributed by atoms with Gasteiger partial charge >= 0.3 is 0 Å². The fourth-order valence-corrected chi connectivity index (χ4v) is 4.50. The van der Waals surface area contributed by atoms with Crippen molar-refractivity contribution in [2.45, 2.75) is 52.5 Å². The molecule has 0 aliphatic carbocycles. The number of likely N-dealkylation sites (tertiary alicyclic amines) is 1. The summed E-state index contributed by atoms with van der Waals surface area (Å²) in [6, 6.07) is 9.20. The molecule has 0 radical (unpaired) electrons. The summed E-state index contributed by atoms with van der Waals surface area (Å²) in [5.74, 6) is 0.483. The zero-order valence-electron chi connectivity index (χ0n) is 21.2. The molecule has 3 heterocycles. The average Bonchev–Trinajstić information content (AvgIpc) is 3.36. The van der Waals surface area contributed by atoms with E-state index in [1.54, 1.807) is 30.5 Å². The van der Waals surface area contributed by atoms with E-state index in [4.69, 9.17) is 16.9 Å². The number of piperidine rings is 1. The van der Waals surface area contributed by atoms with Gasteiger partial charge in [-0.1, -0.05) is 56.6 Å². The Bertz CT molecular complexity index is 1310. The Morgan fingerprint density at radius 2 is 1.86 bits per heavy atom. The monoisotopic (exact) mass is 519 g/mol. The Kier molecular flexibility index (Phi) is 7.89. The third-order valence-electron chi connectivity index (χ3n) is 6.31. The second-order valence-corrected chi connectivity index (χ2v) is 10.6. The molecule has 0 spiro atoms. The summed E-state index contributed by atoms with van der Waals surface area (Å²) in [7, 11) is 0. The standard InChI is InChI=1S/C27H30ClN7O2/c1-27(2,3)25(37)34-13-10-21(11-14-34)35-17-20(15-31-35)32-26-30-16-22(28)24(33-26)19-8-6-18(7-9-19)23(36)5-4-12-29/h6-9,15-17,21H,4-5,10-11,13-14H2,1-3H3,(H,30,32,33). The van der Waals surface area contributed by atoms with E-state index in [1.807, 2.05) is 42.6 Å². The lowest BCUT2D eigenvalue weighted by atomic mass is 9.93. The largest absolute Gasteiger partial charge is 0.342 e. The third kappa shape index (κ3) is 6.33. The van der Waals surface area contributed by atoms with Crippen LogP contribution in [0.1, 0.15) is 62.9 Å². The van der Waals surface area contributed by atoms with Crippen LogP contribution in [0.2, 0.25) is 5.02 Å². The summed E-state index contributed by atoms with van der Waals surface area (Å²) in [6.07, 6.45) is 7.26. The van der Waals surface area contributed by atoms with Crippen LogP contribution in [0.4, 0.5) is 11.6 Å². The van der Waals surface area contributed by atoms with Crippen molar-refractivity contribution >= 4 is 34.9 Å². The molecule has 9 nitrogen and oxygen atoms in total. The summed E-state index contributed by atoms with van der Waals surface area (Å²) < 4.78 is 1.93. The minimum absolute atomic E-state index is 0.0762. The second-order valence-electron chi connectivity index (χ2n) is 10.2. The Hall–Kier alpha value is -3.77. The summed E-state index contributed by atoms with van der Waals surface area (Å²) >= 11 is 6.37. The number of anilines is 2. The maximum absolute atomic E-state index is 12.6. The van der Waals surface area contributed by atoms with E-state index in [2.05, 4.69) is 20.4 Å². The van der Waals surface area contributed by atoms with Crippen LogP contribution in [0.15, 0.2) is 42.9 Å². The number of Topliss-reactive ketones (excluding diaryl/α,β-unsaturated/α-hetero) is 1. The van der Waals surface area contributed by atoms with Crippen LogP contribution in [0, 0.1) is 16.7 Å². The first-order valence-electron chi connectivity index (χ1n) is 12.3. The molecule has 0 unspecified atom stereocenters. The summed E-state index contributed by atoms with van der Waals surface area (Å²) in [4.78, 5) is 35.5. The number of nitrogens with one attached hydrogen (secondary N) is 1. The van der Waals surface area contributed by atoms with Gasteiger partial charge in [-0.15, -0.1) is 0 Å². The molecule has 1 fully saturated rings. The van der Waals surface area contributed by atoms with E-state index in [1.165, 1.54) is 6.20 Å². The topological polar surface area (TPSA) is 117 Å². The van der Waals surface area contributed by atoms with Gasteiger partial charge in [0.05, 0.1) is 40.9 Å². The minimum atomic E-state index is -0.370. The normalized spacial score (nSPS) is 14.3. The number of carbonyl (C=O) groups excluding carboxylic acids is 2. The van der Waals surface area contributed by atoms with Crippen molar-refractivity contribution in [2.75, 3.05) is 18.4 Å². The van der Waals surface area contributed by atoms with Crippen LogP contribution in [-0.2, 0) is 4.79 Å². The molecule has 2 aromatic heterocycles. The summed E-state index contributed by atoms with van der Waals surface area (Å²) in [5.41, 5.74) is 2.21. The molecular formula is C27H30ClN7O2. The molecule has 1 saturated heterocycles. The molecule has 0 bridgehead atoms. The smallest absolute Gasteiger partial charge is 0.227 e. The first-order chi connectivity index (χ1) is 17.7. The lowest BCUT2D eigenvalue weighted by molar-refractivity contribution is -0.140. The molecule has 192 valence electrons.